The van der Waals surface area contributed by atoms with Crippen molar-refractivity contribution in [1.82, 2.24) is 15.2 Å². The van der Waals surface area contributed by atoms with Crippen LogP contribution in [0.5, 0.6) is 0 Å². The molecule has 0 saturated heterocycles. The molecule has 0 radical (unpaired) electrons. The Hall–Kier alpha value is -2.37. The molecular formula is C23H26ClN3OS. The molecule has 3 rings (SSSR count). The molecule has 0 atom stereocenters. The van der Waals surface area contributed by atoms with Crippen LogP contribution >= 0.6 is 23.8 Å². The summed E-state index contributed by atoms with van der Waals surface area (Å²) in [7, 11) is 0. The standard InChI is InChI=1S/C23H26ClN3OS/c1-15(2)12-25-23(29)27(13-17-7-5-4-6-8-17)14-19-10-18-9-16(3)20(24)11-21(18)26-22(19)28/h4-11,15H,12-14H2,1-3H3,(H,25,29)(H,26,28). The van der Waals surface area contributed by atoms with Gasteiger partial charge in [0.15, 0.2) is 5.11 Å². The zero-order chi connectivity index (χ0) is 21.0. The normalized spacial score (nSPS) is 11.1. The van der Waals surface area contributed by atoms with Crippen LogP contribution in [-0.4, -0.2) is 21.5 Å². The van der Waals surface area contributed by atoms with Gasteiger partial charge in [-0.1, -0.05) is 55.8 Å². The van der Waals surface area contributed by atoms with Crippen molar-refractivity contribution in [3.63, 3.8) is 0 Å². The van der Waals surface area contributed by atoms with E-state index >= 15 is 0 Å². The predicted molar refractivity (Wildman–Crippen MR) is 125 cm³/mol. The first-order valence-electron chi connectivity index (χ1n) is 9.72. The monoisotopic (exact) mass is 427 g/mol. The summed E-state index contributed by atoms with van der Waals surface area (Å²) in [6.45, 7) is 8.07. The first kappa shape index (κ1) is 21.3. The number of thiocarbonyl (C=S) groups is 1. The van der Waals surface area contributed by atoms with Crippen molar-refractivity contribution in [2.75, 3.05) is 6.54 Å². The van der Waals surface area contributed by atoms with Crippen LogP contribution in [-0.2, 0) is 13.1 Å². The highest BCUT2D eigenvalue weighted by Gasteiger charge is 2.15. The van der Waals surface area contributed by atoms with Gasteiger partial charge in [0, 0.05) is 29.2 Å². The zero-order valence-corrected chi connectivity index (χ0v) is 18.5. The van der Waals surface area contributed by atoms with E-state index in [-0.39, 0.29) is 5.56 Å². The molecule has 0 unspecified atom stereocenters. The maximum absolute atomic E-state index is 12.7. The van der Waals surface area contributed by atoms with Gasteiger partial charge in [-0.2, -0.15) is 0 Å². The van der Waals surface area contributed by atoms with Crippen LogP contribution in [0.25, 0.3) is 10.9 Å². The second-order valence-electron chi connectivity index (χ2n) is 7.73. The molecule has 152 valence electrons. The van der Waals surface area contributed by atoms with Crippen LogP contribution in [0.1, 0.15) is 30.5 Å². The highest BCUT2D eigenvalue weighted by molar-refractivity contribution is 7.80. The molecule has 2 aromatic carbocycles. The molecule has 1 heterocycles. The lowest BCUT2D eigenvalue weighted by Gasteiger charge is -2.26. The van der Waals surface area contributed by atoms with Gasteiger partial charge in [0.25, 0.3) is 5.56 Å². The third-order valence-electron chi connectivity index (χ3n) is 4.73. The van der Waals surface area contributed by atoms with Gasteiger partial charge in [-0.25, -0.2) is 0 Å². The average Bonchev–Trinajstić information content (AvgIpc) is 2.68. The topological polar surface area (TPSA) is 48.1 Å². The van der Waals surface area contributed by atoms with Crippen LogP contribution in [0.3, 0.4) is 0 Å². The van der Waals surface area contributed by atoms with Gasteiger partial charge in [-0.3, -0.25) is 4.79 Å². The zero-order valence-electron chi connectivity index (χ0n) is 17.0. The Balaban J connectivity index is 1.91. The van der Waals surface area contributed by atoms with E-state index in [2.05, 4.69) is 36.3 Å². The molecule has 0 fully saturated rings. The van der Waals surface area contributed by atoms with Gasteiger partial charge in [0.2, 0.25) is 0 Å². The molecule has 0 amide bonds. The summed E-state index contributed by atoms with van der Waals surface area (Å²) < 4.78 is 0. The summed E-state index contributed by atoms with van der Waals surface area (Å²) >= 11 is 11.9. The number of fused-ring (bicyclic) bond motifs is 1. The van der Waals surface area contributed by atoms with Crippen LogP contribution in [0, 0.1) is 12.8 Å². The second kappa shape index (κ2) is 9.42. The van der Waals surface area contributed by atoms with Crippen LogP contribution < -0.4 is 10.9 Å². The quantitative estimate of drug-likeness (QED) is 0.542. The van der Waals surface area contributed by atoms with E-state index in [1.807, 2.05) is 42.2 Å². The molecule has 0 aliphatic carbocycles. The lowest BCUT2D eigenvalue weighted by molar-refractivity contribution is 0.394. The number of halogens is 1. The van der Waals surface area contributed by atoms with Crippen molar-refractivity contribution < 1.29 is 0 Å². The number of nitrogens with zero attached hydrogens (tertiary/aromatic N) is 1. The van der Waals surface area contributed by atoms with Crippen LogP contribution in [0.4, 0.5) is 0 Å². The van der Waals surface area contributed by atoms with Gasteiger partial charge >= 0.3 is 0 Å². The third-order valence-corrected chi connectivity index (χ3v) is 5.54. The molecule has 0 spiro atoms. The molecule has 4 nitrogen and oxygen atoms in total. The molecule has 29 heavy (non-hydrogen) atoms. The average molecular weight is 428 g/mol. The number of aromatic nitrogens is 1. The number of nitrogens with one attached hydrogen (secondary N) is 2. The number of hydrogen-bond acceptors (Lipinski definition) is 2. The van der Waals surface area contributed by atoms with Crippen molar-refractivity contribution in [3.8, 4) is 0 Å². The van der Waals surface area contributed by atoms with Gasteiger partial charge in [-0.15, -0.1) is 0 Å². The first-order valence-corrected chi connectivity index (χ1v) is 10.5. The van der Waals surface area contributed by atoms with Crippen LogP contribution in [0.2, 0.25) is 5.02 Å². The minimum atomic E-state index is -0.123. The number of H-pyrrole nitrogens is 1. The first-order chi connectivity index (χ1) is 13.8. The van der Waals surface area contributed by atoms with E-state index in [1.54, 1.807) is 6.07 Å². The summed E-state index contributed by atoms with van der Waals surface area (Å²) in [4.78, 5) is 17.7. The van der Waals surface area contributed by atoms with Gasteiger partial charge < -0.3 is 15.2 Å². The third kappa shape index (κ3) is 5.58. The van der Waals surface area contributed by atoms with Crippen molar-refractivity contribution in [1.29, 1.82) is 0 Å². The van der Waals surface area contributed by atoms with E-state index in [4.69, 9.17) is 23.8 Å². The molecule has 3 aromatic rings. The maximum atomic E-state index is 12.7. The number of pyridine rings is 1. The number of rotatable bonds is 6. The largest absolute Gasteiger partial charge is 0.362 e. The minimum absolute atomic E-state index is 0.123. The van der Waals surface area contributed by atoms with Crippen molar-refractivity contribution >= 4 is 39.8 Å². The molecular weight excluding hydrogens is 402 g/mol. The molecule has 2 N–H and O–H groups in total. The Bertz CT molecular complexity index is 1060. The smallest absolute Gasteiger partial charge is 0.253 e. The molecule has 6 heteroatoms. The Kier molecular flexibility index (Phi) is 6.93. The maximum Gasteiger partial charge on any atom is 0.253 e. The highest BCUT2D eigenvalue weighted by atomic mass is 35.5. The predicted octanol–water partition coefficient (Wildman–Crippen LogP) is 5.02. The Morgan fingerprint density at radius 2 is 1.90 bits per heavy atom. The summed E-state index contributed by atoms with van der Waals surface area (Å²) in [5, 5.41) is 5.58. The van der Waals surface area contributed by atoms with E-state index < -0.39 is 0 Å². The Morgan fingerprint density at radius 3 is 2.59 bits per heavy atom. The Morgan fingerprint density at radius 1 is 1.17 bits per heavy atom. The van der Waals surface area contributed by atoms with Crippen molar-refractivity contribution in [2.45, 2.75) is 33.9 Å². The number of aryl methyl sites for hydroxylation is 1. The summed E-state index contributed by atoms with van der Waals surface area (Å²) in [6, 6.07) is 15.9. The lowest BCUT2D eigenvalue weighted by atomic mass is 10.1. The second-order valence-corrected chi connectivity index (χ2v) is 8.53. The molecule has 0 saturated carbocycles. The fourth-order valence-corrected chi connectivity index (χ4v) is 3.49. The van der Waals surface area contributed by atoms with E-state index in [0.29, 0.717) is 34.7 Å². The van der Waals surface area contributed by atoms with Gasteiger partial charge in [0.1, 0.15) is 0 Å². The van der Waals surface area contributed by atoms with E-state index in [1.165, 1.54) is 0 Å². The summed E-state index contributed by atoms with van der Waals surface area (Å²) in [5.74, 6) is 0.475. The van der Waals surface area contributed by atoms with E-state index in [0.717, 1.165) is 28.6 Å². The Labute approximate surface area is 181 Å². The summed E-state index contributed by atoms with van der Waals surface area (Å²) in [5.41, 5.74) is 3.41. The molecule has 0 aliphatic rings. The molecule has 0 aliphatic heterocycles. The lowest BCUT2D eigenvalue weighted by Crippen LogP contribution is -2.41. The number of hydrogen-bond donors (Lipinski definition) is 2. The SMILES string of the molecule is Cc1cc2cc(CN(Cc3ccccc3)C(=S)NCC(C)C)c(=O)[nH]c2cc1Cl. The highest BCUT2D eigenvalue weighted by Crippen LogP contribution is 2.22. The van der Waals surface area contributed by atoms with Gasteiger partial charge in [0.05, 0.1) is 6.54 Å². The summed E-state index contributed by atoms with van der Waals surface area (Å²) in [6.07, 6.45) is 0. The number of benzene rings is 2. The van der Waals surface area contributed by atoms with Crippen molar-refractivity contribution in [3.05, 3.63) is 80.6 Å². The van der Waals surface area contributed by atoms with Gasteiger partial charge in [-0.05, 0) is 59.8 Å². The minimum Gasteiger partial charge on any atom is -0.362 e. The fraction of sp³-hybridized carbons (Fsp3) is 0.304. The fourth-order valence-electron chi connectivity index (χ4n) is 3.12. The van der Waals surface area contributed by atoms with Crippen LogP contribution in [0.15, 0.2) is 53.3 Å². The number of aromatic amines is 1. The van der Waals surface area contributed by atoms with Crippen molar-refractivity contribution in [2.24, 2.45) is 5.92 Å². The molecule has 1 aromatic heterocycles. The van der Waals surface area contributed by atoms with E-state index in [9.17, 15) is 4.79 Å². The molecule has 0 bridgehead atoms.